The number of esters is 1. The second-order valence-corrected chi connectivity index (χ2v) is 6.82. The molecule has 2 rings (SSSR count). The maximum Gasteiger partial charge on any atom is 0.327 e. The van der Waals surface area contributed by atoms with Gasteiger partial charge in [-0.15, -0.1) is 0 Å². The first kappa shape index (κ1) is 16.8. The summed E-state index contributed by atoms with van der Waals surface area (Å²) in [5.74, 6) is 0.384. The number of likely N-dealkylation sites (tertiary alicyclic amines) is 1. The van der Waals surface area contributed by atoms with Crippen LogP contribution in [-0.4, -0.2) is 48.7 Å². The molecule has 0 aromatic rings. The summed E-state index contributed by atoms with van der Waals surface area (Å²) in [4.78, 5) is 15.2. The van der Waals surface area contributed by atoms with Crippen LogP contribution in [0.2, 0.25) is 0 Å². The topological polar surface area (TPSA) is 41.6 Å². The molecule has 0 aromatic carbocycles. The lowest BCUT2D eigenvalue weighted by atomic mass is 9.91. The molecule has 1 aliphatic carbocycles. The van der Waals surface area contributed by atoms with Crippen LogP contribution in [0.5, 0.6) is 0 Å². The molecule has 2 fully saturated rings. The molecule has 4 nitrogen and oxygen atoms in total. The molecular weight excluding hydrogens is 264 g/mol. The van der Waals surface area contributed by atoms with Crippen molar-refractivity contribution in [3.63, 3.8) is 0 Å². The quantitative estimate of drug-likeness (QED) is 0.699. The van der Waals surface area contributed by atoms with Crippen LogP contribution in [0.4, 0.5) is 0 Å². The number of hydrogen-bond acceptors (Lipinski definition) is 4. The Morgan fingerprint density at radius 3 is 2.52 bits per heavy atom. The number of nitrogens with zero attached hydrogens (tertiary/aromatic N) is 1. The molecule has 0 amide bonds. The van der Waals surface area contributed by atoms with Crippen molar-refractivity contribution in [1.29, 1.82) is 0 Å². The predicted molar refractivity (Wildman–Crippen MR) is 85.2 cm³/mol. The lowest BCUT2D eigenvalue weighted by molar-refractivity contribution is -0.151. The average molecular weight is 296 g/mol. The standard InChI is InChI=1S/C17H32N2O2/c1-5-11-18-17(14-8-9-14,16(20)21-4)12-19-13(3)7-10-15(19)6-2/h13-15,18H,5-12H2,1-4H3. The highest BCUT2D eigenvalue weighted by Crippen LogP contribution is 2.42. The van der Waals surface area contributed by atoms with Crippen LogP contribution in [0.1, 0.15) is 59.3 Å². The second kappa shape index (κ2) is 7.10. The van der Waals surface area contributed by atoms with Crippen LogP contribution in [0.3, 0.4) is 0 Å². The van der Waals surface area contributed by atoms with E-state index in [4.69, 9.17) is 4.74 Å². The van der Waals surface area contributed by atoms with E-state index >= 15 is 0 Å². The Morgan fingerprint density at radius 2 is 2.00 bits per heavy atom. The van der Waals surface area contributed by atoms with Crippen molar-refractivity contribution >= 4 is 5.97 Å². The van der Waals surface area contributed by atoms with E-state index in [1.54, 1.807) is 0 Å². The highest BCUT2D eigenvalue weighted by Gasteiger charge is 2.53. The molecule has 0 spiro atoms. The van der Waals surface area contributed by atoms with Crippen molar-refractivity contribution in [2.45, 2.75) is 76.9 Å². The van der Waals surface area contributed by atoms with Crippen molar-refractivity contribution in [2.75, 3.05) is 20.2 Å². The molecule has 1 saturated heterocycles. The number of ether oxygens (including phenoxy) is 1. The molecule has 4 heteroatoms. The average Bonchev–Trinajstić information content (AvgIpc) is 3.29. The number of hydrogen-bond donors (Lipinski definition) is 1. The first-order valence-corrected chi connectivity index (χ1v) is 8.68. The summed E-state index contributed by atoms with van der Waals surface area (Å²) < 4.78 is 5.20. The number of methoxy groups -OCH3 is 1. The SMILES string of the molecule is CCCNC(CN1C(C)CCC1CC)(C(=O)OC)C1CC1. The highest BCUT2D eigenvalue weighted by molar-refractivity contribution is 5.82. The van der Waals surface area contributed by atoms with Crippen molar-refractivity contribution in [2.24, 2.45) is 5.92 Å². The van der Waals surface area contributed by atoms with Gasteiger partial charge in [0.2, 0.25) is 0 Å². The van der Waals surface area contributed by atoms with E-state index in [2.05, 4.69) is 31.0 Å². The lowest BCUT2D eigenvalue weighted by Gasteiger charge is -2.39. The molecular formula is C17H32N2O2. The molecule has 1 aliphatic heterocycles. The Labute approximate surface area is 129 Å². The zero-order chi connectivity index (χ0) is 15.5. The van der Waals surface area contributed by atoms with E-state index < -0.39 is 5.54 Å². The van der Waals surface area contributed by atoms with E-state index in [-0.39, 0.29) is 5.97 Å². The van der Waals surface area contributed by atoms with Gasteiger partial charge in [0.15, 0.2) is 0 Å². The van der Waals surface area contributed by atoms with Crippen LogP contribution in [-0.2, 0) is 9.53 Å². The summed E-state index contributed by atoms with van der Waals surface area (Å²) in [6, 6.07) is 1.19. The fourth-order valence-electron chi connectivity index (χ4n) is 3.88. The molecule has 2 aliphatic rings. The molecule has 0 radical (unpaired) electrons. The minimum Gasteiger partial charge on any atom is -0.468 e. The van der Waals surface area contributed by atoms with E-state index in [1.165, 1.54) is 26.4 Å². The first-order chi connectivity index (χ1) is 10.1. The maximum absolute atomic E-state index is 12.6. The largest absolute Gasteiger partial charge is 0.468 e. The monoisotopic (exact) mass is 296 g/mol. The molecule has 21 heavy (non-hydrogen) atoms. The number of nitrogens with one attached hydrogen (secondary N) is 1. The van der Waals surface area contributed by atoms with Gasteiger partial charge in [0, 0.05) is 18.6 Å². The number of carbonyl (C=O) groups excluding carboxylic acids is 1. The summed E-state index contributed by atoms with van der Waals surface area (Å²) >= 11 is 0. The maximum atomic E-state index is 12.6. The van der Waals surface area contributed by atoms with Gasteiger partial charge in [0.05, 0.1) is 7.11 Å². The Morgan fingerprint density at radius 1 is 1.29 bits per heavy atom. The minimum absolute atomic E-state index is 0.0626. The van der Waals surface area contributed by atoms with Crippen LogP contribution in [0.15, 0.2) is 0 Å². The lowest BCUT2D eigenvalue weighted by Crippen LogP contribution is -2.62. The summed E-state index contributed by atoms with van der Waals surface area (Å²) in [7, 11) is 1.53. The molecule has 3 unspecified atom stereocenters. The van der Waals surface area contributed by atoms with Crippen LogP contribution < -0.4 is 5.32 Å². The molecule has 122 valence electrons. The van der Waals surface area contributed by atoms with Gasteiger partial charge >= 0.3 is 5.97 Å². The third-order valence-corrected chi connectivity index (χ3v) is 5.37. The molecule has 3 atom stereocenters. The Bertz CT molecular complexity index is 357. The number of carbonyl (C=O) groups is 1. The van der Waals surface area contributed by atoms with Gasteiger partial charge in [-0.3, -0.25) is 4.90 Å². The summed E-state index contributed by atoms with van der Waals surface area (Å²) in [5, 5.41) is 3.57. The Balaban J connectivity index is 2.19. The Hall–Kier alpha value is -0.610. The van der Waals surface area contributed by atoms with Gasteiger partial charge in [-0.2, -0.15) is 0 Å². The third-order valence-electron chi connectivity index (χ3n) is 5.37. The van der Waals surface area contributed by atoms with Crippen LogP contribution in [0, 0.1) is 5.92 Å². The van der Waals surface area contributed by atoms with Gasteiger partial charge in [-0.05, 0) is 57.9 Å². The van der Waals surface area contributed by atoms with Gasteiger partial charge < -0.3 is 10.1 Å². The van der Waals surface area contributed by atoms with E-state index in [0.717, 1.165) is 32.4 Å². The van der Waals surface area contributed by atoms with Gasteiger partial charge in [0.1, 0.15) is 5.54 Å². The van der Waals surface area contributed by atoms with Gasteiger partial charge in [0.25, 0.3) is 0 Å². The molecule has 1 saturated carbocycles. The first-order valence-electron chi connectivity index (χ1n) is 8.68. The van der Waals surface area contributed by atoms with Crippen LogP contribution >= 0.6 is 0 Å². The highest BCUT2D eigenvalue weighted by atomic mass is 16.5. The summed E-state index contributed by atoms with van der Waals surface area (Å²) in [6.45, 7) is 8.39. The van der Waals surface area contributed by atoms with Crippen molar-refractivity contribution < 1.29 is 9.53 Å². The predicted octanol–water partition coefficient (Wildman–Crippen LogP) is 2.57. The molecule has 1 heterocycles. The van der Waals surface area contributed by atoms with Gasteiger partial charge in [-0.25, -0.2) is 4.79 Å². The van der Waals surface area contributed by atoms with E-state index in [0.29, 0.717) is 18.0 Å². The second-order valence-electron chi connectivity index (χ2n) is 6.82. The van der Waals surface area contributed by atoms with Crippen molar-refractivity contribution in [1.82, 2.24) is 10.2 Å². The zero-order valence-corrected chi connectivity index (χ0v) is 14.2. The fraction of sp³-hybridized carbons (Fsp3) is 0.941. The van der Waals surface area contributed by atoms with E-state index in [1.807, 2.05) is 0 Å². The molecule has 0 aromatic heterocycles. The van der Waals surface area contributed by atoms with E-state index in [9.17, 15) is 4.79 Å². The normalized spacial score (nSPS) is 29.3. The van der Waals surface area contributed by atoms with Crippen molar-refractivity contribution in [3.05, 3.63) is 0 Å². The third kappa shape index (κ3) is 3.42. The zero-order valence-electron chi connectivity index (χ0n) is 14.2. The fourth-order valence-corrected chi connectivity index (χ4v) is 3.88. The molecule has 0 bridgehead atoms. The smallest absolute Gasteiger partial charge is 0.327 e. The summed E-state index contributed by atoms with van der Waals surface area (Å²) in [5.41, 5.74) is -0.489. The van der Waals surface area contributed by atoms with Crippen molar-refractivity contribution in [3.8, 4) is 0 Å². The Kier molecular flexibility index (Phi) is 5.67. The van der Waals surface area contributed by atoms with Crippen LogP contribution in [0.25, 0.3) is 0 Å². The molecule has 1 N–H and O–H groups in total. The van der Waals surface area contributed by atoms with Gasteiger partial charge in [-0.1, -0.05) is 13.8 Å². The number of rotatable bonds is 8. The minimum atomic E-state index is -0.489. The summed E-state index contributed by atoms with van der Waals surface area (Å²) in [6.07, 6.45) is 7.00.